The first kappa shape index (κ1) is 23.8. The minimum Gasteiger partial charge on any atom is -0.444 e. The molecule has 7 nitrogen and oxygen atoms in total. The Morgan fingerprint density at radius 1 is 1.16 bits per heavy atom. The van der Waals surface area contributed by atoms with Crippen LogP contribution in [-0.2, 0) is 4.74 Å². The van der Waals surface area contributed by atoms with Crippen LogP contribution >= 0.6 is 0 Å². The first-order valence-corrected chi connectivity index (χ1v) is 11.6. The molecule has 8 heteroatoms. The van der Waals surface area contributed by atoms with Crippen LogP contribution in [0.2, 0.25) is 0 Å². The predicted molar refractivity (Wildman–Crippen MR) is 119 cm³/mol. The molecule has 0 aliphatic carbocycles. The standard InChI is InChI=1S/C23H39FN4O3/c1-17(2)18(3)19-15-20(25-31-19)27-13-11-26(12-14-27)16-23(24)7-9-28(10-8-23)21(29)30-22(4,5)6/h15,17-18H,7-14,16H2,1-6H3. The highest BCUT2D eigenvalue weighted by Crippen LogP contribution is 2.30. The Kier molecular flexibility index (Phi) is 7.18. The Balaban J connectivity index is 1.45. The second-order valence-corrected chi connectivity index (χ2v) is 10.5. The van der Waals surface area contributed by atoms with E-state index >= 15 is 4.39 Å². The fourth-order valence-corrected chi connectivity index (χ4v) is 4.08. The van der Waals surface area contributed by atoms with Crippen LogP contribution in [0.3, 0.4) is 0 Å². The van der Waals surface area contributed by atoms with E-state index in [1.165, 1.54) is 0 Å². The largest absolute Gasteiger partial charge is 0.444 e. The molecular formula is C23H39FN4O3. The van der Waals surface area contributed by atoms with Gasteiger partial charge in [0.15, 0.2) is 5.82 Å². The summed E-state index contributed by atoms with van der Waals surface area (Å²) in [4.78, 5) is 18.3. The molecule has 0 bridgehead atoms. The molecule has 1 atom stereocenters. The molecule has 3 heterocycles. The van der Waals surface area contributed by atoms with Crippen molar-refractivity contribution in [2.45, 2.75) is 71.6 Å². The number of halogens is 1. The molecule has 2 aliphatic heterocycles. The second-order valence-electron chi connectivity index (χ2n) is 10.5. The van der Waals surface area contributed by atoms with Crippen molar-refractivity contribution in [3.05, 3.63) is 11.8 Å². The quantitative estimate of drug-likeness (QED) is 0.683. The van der Waals surface area contributed by atoms with Crippen molar-refractivity contribution >= 4 is 11.9 Å². The maximum atomic E-state index is 15.5. The number of nitrogens with zero attached hydrogens (tertiary/aromatic N) is 4. The normalized spacial score (nSPS) is 21.4. The Labute approximate surface area is 185 Å². The van der Waals surface area contributed by atoms with Crippen LogP contribution in [-0.4, -0.2) is 78.1 Å². The summed E-state index contributed by atoms with van der Waals surface area (Å²) < 4.78 is 26.4. The summed E-state index contributed by atoms with van der Waals surface area (Å²) in [6, 6.07) is 2.05. The van der Waals surface area contributed by atoms with Crippen LogP contribution in [0, 0.1) is 5.92 Å². The van der Waals surface area contributed by atoms with Crippen LogP contribution < -0.4 is 4.90 Å². The molecule has 2 aliphatic rings. The van der Waals surface area contributed by atoms with Crippen molar-refractivity contribution in [3.8, 4) is 0 Å². The van der Waals surface area contributed by atoms with Gasteiger partial charge in [0.2, 0.25) is 0 Å². The Morgan fingerprint density at radius 3 is 2.32 bits per heavy atom. The molecule has 31 heavy (non-hydrogen) atoms. The van der Waals surface area contributed by atoms with Crippen molar-refractivity contribution in [3.63, 3.8) is 0 Å². The van der Waals surface area contributed by atoms with E-state index in [0.29, 0.717) is 44.3 Å². The van der Waals surface area contributed by atoms with E-state index in [2.05, 4.69) is 35.7 Å². The number of aromatic nitrogens is 1. The average Bonchev–Trinajstić information content (AvgIpc) is 3.17. The fourth-order valence-electron chi connectivity index (χ4n) is 4.08. The first-order chi connectivity index (χ1) is 14.5. The zero-order valence-corrected chi connectivity index (χ0v) is 20.0. The van der Waals surface area contributed by atoms with Crippen molar-refractivity contribution in [2.75, 3.05) is 50.7 Å². The molecular weight excluding hydrogens is 399 g/mol. The number of ether oxygens (including phenoxy) is 1. The molecule has 0 aromatic carbocycles. The lowest BCUT2D eigenvalue weighted by Gasteiger charge is -2.41. The molecule has 3 rings (SSSR count). The number of alkyl halides is 1. The van der Waals surface area contributed by atoms with Gasteiger partial charge in [0.1, 0.15) is 17.0 Å². The summed E-state index contributed by atoms with van der Waals surface area (Å²) in [6.45, 7) is 16.5. The van der Waals surface area contributed by atoms with Crippen LogP contribution in [0.15, 0.2) is 10.6 Å². The van der Waals surface area contributed by atoms with Crippen LogP contribution in [0.25, 0.3) is 0 Å². The highest BCUT2D eigenvalue weighted by molar-refractivity contribution is 5.68. The third-order valence-electron chi connectivity index (χ3n) is 6.48. The summed E-state index contributed by atoms with van der Waals surface area (Å²) in [6.07, 6.45) is 0.361. The number of amides is 1. The fraction of sp³-hybridized carbons (Fsp3) is 0.826. The molecule has 176 valence electrons. The van der Waals surface area contributed by atoms with E-state index in [-0.39, 0.29) is 6.09 Å². The van der Waals surface area contributed by atoms with Crippen LogP contribution in [0.4, 0.5) is 15.0 Å². The van der Waals surface area contributed by atoms with Crippen molar-refractivity contribution in [1.82, 2.24) is 15.0 Å². The van der Waals surface area contributed by atoms with Gasteiger partial charge in [0, 0.05) is 70.6 Å². The number of likely N-dealkylation sites (tertiary alicyclic amines) is 1. The summed E-state index contributed by atoms with van der Waals surface area (Å²) >= 11 is 0. The van der Waals surface area contributed by atoms with Gasteiger partial charge in [-0.2, -0.15) is 0 Å². The Hall–Kier alpha value is -1.83. The lowest BCUT2D eigenvalue weighted by Crippen LogP contribution is -2.54. The van der Waals surface area contributed by atoms with Gasteiger partial charge < -0.3 is 19.1 Å². The zero-order valence-electron chi connectivity index (χ0n) is 20.0. The SMILES string of the molecule is CC(C)C(C)c1cc(N2CCN(CC3(F)CCN(C(=O)OC(C)(C)C)CC3)CC2)no1. The van der Waals surface area contributed by atoms with Crippen molar-refractivity contribution in [1.29, 1.82) is 0 Å². The van der Waals surface area contributed by atoms with Crippen LogP contribution in [0.5, 0.6) is 0 Å². The number of piperazine rings is 1. The van der Waals surface area contributed by atoms with Crippen molar-refractivity contribution in [2.24, 2.45) is 5.92 Å². The van der Waals surface area contributed by atoms with E-state index in [0.717, 1.165) is 37.8 Å². The van der Waals surface area contributed by atoms with E-state index in [1.807, 2.05) is 26.8 Å². The minimum atomic E-state index is -1.26. The van der Waals surface area contributed by atoms with Gasteiger partial charge in [-0.05, 0) is 26.7 Å². The van der Waals surface area contributed by atoms with Crippen LogP contribution in [0.1, 0.15) is 66.1 Å². The summed E-state index contributed by atoms with van der Waals surface area (Å²) in [7, 11) is 0. The third-order valence-corrected chi connectivity index (χ3v) is 6.48. The van der Waals surface area contributed by atoms with Gasteiger partial charge in [0.25, 0.3) is 0 Å². The number of hydrogen-bond donors (Lipinski definition) is 0. The molecule has 1 aromatic heterocycles. The highest BCUT2D eigenvalue weighted by Gasteiger charge is 2.39. The number of piperidine rings is 1. The molecule has 0 radical (unpaired) electrons. The topological polar surface area (TPSA) is 62.0 Å². The number of anilines is 1. The molecule has 2 fully saturated rings. The summed E-state index contributed by atoms with van der Waals surface area (Å²) in [5.41, 5.74) is -1.78. The van der Waals surface area contributed by atoms with Gasteiger partial charge in [0.05, 0.1) is 0 Å². The molecule has 0 saturated carbocycles. The van der Waals surface area contributed by atoms with Gasteiger partial charge >= 0.3 is 6.09 Å². The number of rotatable bonds is 5. The van der Waals surface area contributed by atoms with Gasteiger partial charge in [-0.25, -0.2) is 9.18 Å². The second kappa shape index (κ2) is 9.35. The Morgan fingerprint density at radius 2 is 1.77 bits per heavy atom. The molecule has 2 saturated heterocycles. The molecule has 0 spiro atoms. The molecule has 0 N–H and O–H groups in total. The van der Waals surface area contributed by atoms with E-state index < -0.39 is 11.3 Å². The Bertz CT molecular complexity index is 729. The van der Waals surface area contributed by atoms with Gasteiger partial charge in [-0.3, -0.25) is 4.90 Å². The predicted octanol–water partition coefficient (Wildman–Crippen LogP) is 4.30. The van der Waals surface area contributed by atoms with Crippen molar-refractivity contribution < 1.29 is 18.4 Å². The third kappa shape index (κ3) is 6.34. The lowest BCUT2D eigenvalue weighted by molar-refractivity contribution is -0.00639. The highest BCUT2D eigenvalue weighted by atomic mass is 19.1. The maximum absolute atomic E-state index is 15.5. The minimum absolute atomic E-state index is 0.334. The van der Waals surface area contributed by atoms with E-state index in [9.17, 15) is 4.79 Å². The van der Waals surface area contributed by atoms with Gasteiger partial charge in [-0.1, -0.05) is 25.9 Å². The number of carbonyl (C=O) groups is 1. The molecule has 1 aromatic rings. The summed E-state index contributed by atoms with van der Waals surface area (Å²) in [5.74, 6) is 2.63. The maximum Gasteiger partial charge on any atom is 0.410 e. The summed E-state index contributed by atoms with van der Waals surface area (Å²) in [5, 5.41) is 4.26. The van der Waals surface area contributed by atoms with E-state index in [4.69, 9.17) is 9.26 Å². The smallest absolute Gasteiger partial charge is 0.410 e. The average molecular weight is 439 g/mol. The van der Waals surface area contributed by atoms with E-state index in [1.54, 1.807) is 4.90 Å². The molecule has 1 amide bonds. The zero-order chi connectivity index (χ0) is 22.8. The first-order valence-electron chi connectivity index (χ1n) is 11.6. The monoisotopic (exact) mass is 438 g/mol. The number of hydrogen-bond acceptors (Lipinski definition) is 6. The lowest BCUT2D eigenvalue weighted by atomic mass is 9.92. The van der Waals surface area contributed by atoms with Gasteiger partial charge in [-0.15, -0.1) is 0 Å². The molecule has 1 unspecified atom stereocenters. The number of carbonyl (C=O) groups excluding carboxylic acids is 1.